The van der Waals surface area contributed by atoms with Crippen LogP contribution in [0.4, 0.5) is 0 Å². The molecule has 0 amide bonds. The van der Waals surface area contributed by atoms with Crippen molar-refractivity contribution in [3.05, 3.63) is 36.5 Å². The molecule has 2 atom stereocenters. The Balaban J connectivity index is 3.42. The van der Waals surface area contributed by atoms with Gasteiger partial charge < -0.3 is 20.1 Å². The van der Waals surface area contributed by atoms with E-state index >= 15 is 0 Å². The molecule has 20 heavy (non-hydrogen) atoms. The lowest BCUT2D eigenvalue weighted by molar-refractivity contribution is -0.180. The third-order valence-corrected chi connectivity index (χ3v) is 2.91. The molecule has 0 heterocycles. The Kier molecular flexibility index (Phi) is 4.82. The summed E-state index contributed by atoms with van der Waals surface area (Å²) in [6.07, 6.45) is 4.41. The predicted octanol–water partition coefficient (Wildman–Crippen LogP) is 0.118. The van der Waals surface area contributed by atoms with E-state index < -0.39 is 36.0 Å². The smallest absolute Gasteiger partial charge is 0.353 e. The van der Waals surface area contributed by atoms with Crippen LogP contribution in [0.15, 0.2) is 36.5 Å². The van der Waals surface area contributed by atoms with Gasteiger partial charge in [0.1, 0.15) is 5.92 Å². The predicted molar refractivity (Wildman–Crippen MR) is 66.7 cm³/mol. The summed E-state index contributed by atoms with van der Waals surface area (Å²) >= 11 is 0. The van der Waals surface area contributed by atoms with E-state index in [2.05, 4.69) is 6.58 Å². The maximum absolute atomic E-state index is 11.6. The molecule has 3 N–H and O–H groups in total. The number of aliphatic hydroxyl groups is 1. The standard InChI is InChI=1S/C13H14O7/c1-2-10(15)20-13(12(18)19)8(6-7-14)4-3-5-9(13)11(16)17/h2-5,9,14H,1,6-7H2,(H,16,17)(H,18,19). The summed E-state index contributed by atoms with van der Waals surface area (Å²) in [6, 6.07) is 0. The van der Waals surface area contributed by atoms with Crippen molar-refractivity contribution in [1.82, 2.24) is 0 Å². The van der Waals surface area contributed by atoms with Gasteiger partial charge in [0, 0.05) is 12.7 Å². The fourth-order valence-electron chi connectivity index (χ4n) is 2.03. The minimum Gasteiger partial charge on any atom is -0.481 e. The number of ether oxygens (including phenoxy) is 1. The van der Waals surface area contributed by atoms with Crippen LogP contribution >= 0.6 is 0 Å². The molecule has 7 heteroatoms. The van der Waals surface area contributed by atoms with Crippen LogP contribution in [-0.2, 0) is 19.1 Å². The van der Waals surface area contributed by atoms with Crippen LogP contribution in [-0.4, -0.2) is 45.4 Å². The van der Waals surface area contributed by atoms with Gasteiger partial charge in [0.15, 0.2) is 0 Å². The SMILES string of the molecule is C=CC(=O)OC1(C(=O)O)C(CCO)=CC=CC1C(=O)O. The highest BCUT2D eigenvalue weighted by Crippen LogP contribution is 2.37. The van der Waals surface area contributed by atoms with Gasteiger partial charge in [-0.15, -0.1) is 0 Å². The fourth-order valence-corrected chi connectivity index (χ4v) is 2.03. The average Bonchev–Trinajstić information content (AvgIpc) is 2.39. The Hall–Kier alpha value is -2.41. The summed E-state index contributed by atoms with van der Waals surface area (Å²) in [6.45, 7) is 2.75. The highest BCUT2D eigenvalue weighted by atomic mass is 16.6. The van der Waals surface area contributed by atoms with Gasteiger partial charge in [0.05, 0.1) is 0 Å². The van der Waals surface area contributed by atoms with E-state index in [1.165, 1.54) is 12.2 Å². The van der Waals surface area contributed by atoms with Gasteiger partial charge in [-0.3, -0.25) is 4.79 Å². The van der Waals surface area contributed by atoms with Crippen molar-refractivity contribution in [2.75, 3.05) is 6.61 Å². The summed E-state index contributed by atoms with van der Waals surface area (Å²) in [5.41, 5.74) is -2.38. The minimum atomic E-state index is -2.38. The molecule has 108 valence electrons. The third kappa shape index (κ3) is 2.62. The van der Waals surface area contributed by atoms with Gasteiger partial charge in [-0.2, -0.15) is 0 Å². The number of hydrogen-bond donors (Lipinski definition) is 3. The molecule has 0 aliphatic heterocycles. The van der Waals surface area contributed by atoms with Gasteiger partial charge in [0.25, 0.3) is 0 Å². The van der Waals surface area contributed by atoms with Crippen molar-refractivity contribution >= 4 is 17.9 Å². The molecule has 1 rings (SSSR count). The molecule has 0 fully saturated rings. The van der Waals surface area contributed by atoms with E-state index in [-0.39, 0.29) is 12.0 Å². The average molecular weight is 282 g/mol. The molecule has 0 bridgehead atoms. The second-order valence-corrected chi connectivity index (χ2v) is 4.03. The molecule has 7 nitrogen and oxygen atoms in total. The normalized spacial score (nSPS) is 24.6. The van der Waals surface area contributed by atoms with Gasteiger partial charge in [-0.05, 0) is 12.0 Å². The van der Waals surface area contributed by atoms with Gasteiger partial charge in [-0.25, -0.2) is 9.59 Å². The monoisotopic (exact) mass is 282 g/mol. The fraction of sp³-hybridized carbons (Fsp3) is 0.308. The van der Waals surface area contributed by atoms with Crippen LogP contribution in [0.5, 0.6) is 0 Å². The van der Waals surface area contributed by atoms with E-state index in [1.807, 2.05) is 0 Å². The summed E-state index contributed by atoms with van der Waals surface area (Å²) < 4.78 is 4.86. The Morgan fingerprint density at radius 1 is 1.40 bits per heavy atom. The van der Waals surface area contributed by atoms with Crippen LogP contribution < -0.4 is 0 Å². The largest absolute Gasteiger partial charge is 0.481 e. The molecular formula is C13H14O7. The quantitative estimate of drug-likeness (QED) is 0.467. The van der Waals surface area contributed by atoms with Crippen LogP contribution in [0, 0.1) is 5.92 Å². The number of carbonyl (C=O) groups is 3. The Bertz CT molecular complexity index is 503. The Labute approximate surface area is 114 Å². The maximum atomic E-state index is 11.6. The van der Waals surface area contributed by atoms with Crippen LogP contribution in [0.2, 0.25) is 0 Å². The van der Waals surface area contributed by atoms with E-state index in [0.717, 1.165) is 12.2 Å². The third-order valence-electron chi connectivity index (χ3n) is 2.91. The number of carboxylic acid groups (broad SMARTS) is 2. The molecule has 2 unspecified atom stereocenters. The van der Waals surface area contributed by atoms with Crippen LogP contribution in [0.1, 0.15) is 6.42 Å². The van der Waals surface area contributed by atoms with Crippen molar-refractivity contribution < 1.29 is 34.4 Å². The summed E-state index contributed by atoms with van der Waals surface area (Å²) in [5, 5.41) is 27.6. The number of aliphatic hydroxyl groups excluding tert-OH is 1. The van der Waals surface area contributed by atoms with Crippen LogP contribution in [0.25, 0.3) is 0 Å². The zero-order valence-corrected chi connectivity index (χ0v) is 10.5. The minimum absolute atomic E-state index is 0.00222. The number of rotatable bonds is 6. The number of hydrogen-bond acceptors (Lipinski definition) is 5. The first-order chi connectivity index (χ1) is 9.40. The lowest BCUT2D eigenvalue weighted by atomic mass is 9.76. The molecule has 1 aliphatic carbocycles. The molecule has 1 aliphatic rings. The van der Waals surface area contributed by atoms with E-state index in [1.54, 1.807) is 0 Å². The summed E-state index contributed by atoms with van der Waals surface area (Å²) in [4.78, 5) is 34.3. The lowest BCUT2D eigenvalue weighted by Gasteiger charge is -2.36. The van der Waals surface area contributed by atoms with Crippen molar-refractivity contribution in [3.8, 4) is 0 Å². The molecule has 0 aromatic rings. The van der Waals surface area contributed by atoms with Crippen molar-refractivity contribution in [3.63, 3.8) is 0 Å². The zero-order valence-electron chi connectivity index (χ0n) is 10.5. The molecule has 0 radical (unpaired) electrons. The lowest BCUT2D eigenvalue weighted by Crippen LogP contribution is -2.54. The Morgan fingerprint density at radius 2 is 2.05 bits per heavy atom. The van der Waals surface area contributed by atoms with Crippen molar-refractivity contribution in [2.24, 2.45) is 5.92 Å². The van der Waals surface area contributed by atoms with Crippen molar-refractivity contribution in [2.45, 2.75) is 12.0 Å². The van der Waals surface area contributed by atoms with Crippen LogP contribution in [0.3, 0.4) is 0 Å². The number of aliphatic carboxylic acids is 2. The van der Waals surface area contributed by atoms with Gasteiger partial charge >= 0.3 is 17.9 Å². The summed E-state index contributed by atoms with van der Waals surface area (Å²) in [7, 11) is 0. The zero-order chi connectivity index (χ0) is 15.3. The highest BCUT2D eigenvalue weighted by molar-refractivity contribution is 5.95. The molecule has 0 aromatic carbocycles. The number of esters is 1. The first kappa shape index (κ1) is 15.6. The number of carbonyl (C=O) groups excluding carboxylic acids is 1. The molecule has 0 saturated heterocycles. The number of allylic oxidation sites excluding steroid dienone is 2. The summed E-state index contributed by atoms with van der Waals surface area (Å²) in [5.74, 6) is -5.72. The second-order valence-electron chi connectivity index (χ2n) is 4.03. The first-order valence-corrected chi connectivity index (χ1v) is 5.70. The molecular weight excluding hydrogens is 268 g/mol. The Morgan fingerprint density at radius 3 is 2.50 bits per heavy atom. The molecule has 0 spiro atoms. The topological polar surface area (TPSA) is 121 Å². The van der Waals surface area contributed by atoms with Gasteiger partial charge in [0.2, 0.25) is 5.60 Å². The van der Waals surface area contributed by atoms with E-state index in [4.69, 9.17) is 9.84 Å². The number of carboxylic acids is 2. The highest BCUT2D eigenvalue weighted by Gasteiger charge is 2.55. The van der Waals surface area contributed by atoms with Crippen molar-refractivity contribution in [1.29, 1.82) is 0 Å². The molecule has 0 aromatic heterocycles. The van der Waals surface area contributed by atoms with Gasteiger partial charge in [-0.1, -0.05) is 24.8 Å². The van der Waals surface area contributed by atoms with E-state index in [0.29, 0.717) is 0 Å². The maximum Gasteiger partial charge on any atom is 0.353 e. The molecule has 0 saturated carbocycles. The van der Waals surface area contributed by atoms with E-state index in [9.17, 15) is 24.6 Å². The second kappa shape index (κ2) is 6.16. The first-order valence-electron chi connectivity index (χ1n) is 5.70.